The van der Waals surface area contributed by atoms with Crippen molar-refractivity contribution in [3.05, 3.63) is 69.8 Å². The predicted molar refractivity (Wildman–Crippen MR) is 83.2 cm³/mol. The summed E-state index contributed by atoms with van der Waals surface area (Å²) in [7, 11) is 0. The summed E-state index contributed by atoms with van der Waals surface area (Å²) >= 11 is 0. The maximum Gasteiger partial charge on any atom is 0.338 e. The topological polar surface area (TPSA) is 98.5 Å². The minimum atomic E-state index is -0.652. The first kappa shape index (κ1) is 16.2. The highest BCUT2D eigenvalue weighted by molar-refractivity contribution is 5.96. The zero-order valence-electron chi connectivity index (χ0n) is 12.3. The lowest BCUT2D eigenvalue weighted by Gasteiger charge is -2.07. The fraction of sp³-hybridized carbons (Fsp3) is 0.125. The van der Waals surface area contributed by atoms with Crippen LogP contribution in [0.3, 0.4) is 0 Å². The Morgan fingerprint density at radius 2 is 1.87 bits per heavy atom. The van der Waals surface area contributed by atoms with E-state index in [2.05, 4.69) is 5.32 Å². The Morgan fingerprint density at radius 3 is 2.52 bits per heavy atom. The van der Waals surface area contributed by atoms with Crippen LogP contribution in [-0.4, -0.2) is 23.4 Å². The van der Waals surface area contributed by atoms with Crippen molar-refractivity contribution in [2.45, 2.75) is 6.92 Å². The van der Waals surface area contributed by atoms with Crippen LogP contribution >= 0.6 is 0 Å². The van der Waals surface area contributed by atoms with Gasteiger partial charge in [-0.1, -0.05) is 24.3 Å². The van der Waals surface area contributed by atoms with Gasteiger partial charge in [-0.3, -0.25) is 14.9 Å². The number of nitrogens with one attached hydrogen (secondary N) is 1. The summed E-state index contributed by atoms with van der Waals surface area (Å²) < 4.78 is 4.87. The van der Waals surface area contributed by atoms with Gasteiger partial charge in [0, 0.05) is 6.07 Å². The molecule has 0 aliphatic rings. The van der Waals surface area contributed by atoms with E-state index >= 15 is 0 Å². The molecular weight excluding hydrogens is 300 g/mol. The first-order valence-corrected chi connectivity index (χ1v) is 6.74. The van der Waals surface area contributed by atoms with E-state index in [1.165, 1.54) is 12.1 Å². The molecule has 7 heteroatoms. The van der Waals surface area contributed by atoms with Gasteiger partial charge < -0.3 is 10.1 Å². The molecule has 2 rings (SSSR count). The number of aryl methyl sites for hydroxylation is 1. The highest BCUT2D eigenvalue weighted by Gasteiger charge is 2.17. The van der Waals surface area contributed by atoms with Crippen molar-refractivity contribution in [3.8, 4) is 0 Å². The number of ether oxygens (including phenoxy) is 1. The van der Waals surface area contributed by atoms with E-state index in [4.69, 9.17) is 4.74 Å². The van der Waals surface area contributed by atoms with Crippen LogP contribution in [0.2, 0.25) is 0 Å². The van der Waals surface area contributed by atoms with Gasteiger partial charge >= 0.3 is 5.97 Å². The largest absolute Gasteiger partial charge is 0.452 e. The number of nitrogens with zero attached hydrogens (tertiary/aromatic N) is 1. The minimum absolute atomic E-state index is 0.0568. The van der Waals surface area contributed by atoms with Crippen molar-refractivity contribution in [2.24, 2.45) is 0 Å². The van der Waals surface area contributed by atoms with Gasteiger partial charge in [0.2, 0.25) is 0 Å². The Hall–Kier alpha value is -3.22. The van der Waals surface area contributed by atoms with Crippen LogP contribution in [-0.2, 0) is 9.53 Å². The molecule has 0 aliphatic carbocycles. The molecule has 0 radical (unpaired) electrons. The molecule has 118 valence electrons. The van der Waals surface area contributed by atoms with Crippen molar-refractivity contribution in [1.29, 1.82) is 0 Å². The van der Waals surface area contributed by atoms with Crippen molar-refractivity contribution in [1.82, 2.24) is 0 Å². The second kappa shape index (κ2) is 7.17. The Balaban J connectivity index is 1.98. The van der Waals surface area contributed by atoms with E-state index in [9.17, 15) is 19.7 Å². The molecule has 2 aromatic rings. The highest BCUT2D eigenvalue weighted by Crippen LogP contribution is 2.25. The highest BCUT2D eigenvalue weighted by atomic mass is 16.6. The predicted octanol–water partition coefficient (Wildman–Crippen LogP) is 2.70. The van der Waals surface area contributed by atoms with Crippen LogP contribution in [0.15, 0.2) is 48.5 Å². The van der Waals surface area contributed by atoms with Crippen LogP contribution in [0.25, 0.3) is 0 Å². The van der Waals surface area contributed by atoms with Gasteiger partial charge in [-0.15, -0.1) is 0 Å². The van der Waals surface area contributed by atoms with Gasteiger partial charge in [0.15, 0.2) is 6.61 Å². The molecule has 0 spiro atoms. The molecule has 0 heterocycles. The number of esters is 1. The Bertz CT molecular complexity index is 743. The van der Waals surface area contributed by atoms with Gasteiger partial charge in [-0.25, -0.2) is 4.79 Å². The summed E-state index contributed by atoms with van der Waals surface area (Å²) in [5.41, 5.74) is 0.862. The van der Waals surface area contributed by atoms with E-state index in [1.54, 1.807) is 43.3 Å². The summed E-state index contributed by atoms with van der Waals surface area (Å²) in [6.07, 6.45) is 0. The molecule has 2 aromatic carbocycles. The Morgan fingerprint density at radius 1 is 1.17 bits per heavy atom. The van der Waals surface area contributed by atoms with Crippen molar-refractivity contribution in [2.75, 3.05) is 11.9 Å². The number of nitro benzene ring substituents is 1. The molecule has 1 amide bonds. The van der Waals surface area contributed by atoms with Crippen LogP contribution in [0, 0.1) is 17.0 Å². The zero-order chi connectivity index (χ0) is 16.8. The average molecular weight is 314 g/mol. The van der Waals surface area contributed by atoms with E-state index in [0.717, 1.165) is 0 Å². The molecule has 1 N–H and O–H groups in total. The molecule has 7 nitrogen and oxygen atoms in total. The quantitative estimate of drug-likeness (QED) is 0.519. The average Bonchev–Trinajstić information content (AvgIpc) is 2.55. The van der Waals surface area contributed by atoms with E-state index in [1.807, 2.05) is 0 Å². The Labute approximate surface area is 132 Å². The number of benzene rings is 2. The second-order valence-corrected chi connectivity index (χ2v) is 4.77. The lowest BCUT2D eigenvalue weighted by Crippen LogP contribution is -2.21. The van der Waals surface area contributed by atoms with Crippen molar-refractivity contribution in [3.63, 3.8) is 0 Å². The van der Waals surface area contributed by atoms with Gasteiger partial charge in [0.25, 0.3) is 11.6 Å². The molecule has 0 saturated carbocycles. The van der Waals surface area contributed by atoms with E-state index in [-0.39, 0.29) is 11.4 Å². The number of carbonyl (C=O) groups is 2. The number of carbonyl (C=O) groups excluding carboxylic acids is 2. The summed E-state index contributed by atoms with van der Waals surface area (Å²) in [6, 6.07) is 12.6. The third-order valence-corrected chi connectivity index (χ3v) is 2.97. The molecule has 0 bridgehead atoms. The molecule has 23 heavy (non-hydrogen) atoms. The summed E-state index contributed by atoms with van der Waals surface area (Å²) in [4.78, 5) is 33.9. The lowest BCUT2D eigenvalue weighted by molar-refractivity contribution is -0.384. The van der Waals surface area contributed by atoms with Gasteiger partial charge in [-0.05, 0) is 30.7 Å². The maximum atomic E-state index is 11.8. The number of hydrogen-bond donors (Lipinski definition) is 1. The van der Waals surface area contributed by atoms with Gasteiger partial charge in [0.05, 0.1) is 10.5 Å². The SMILES string of the molecule is Cc1ccc(NC(=O)COC(=O)c2ccccc2)c([N+](=O)[O-])c1. The number of amides is 1. The fourth-order valence-corrected chi connectivity index (χ4v) is 1.87. The first-order valence-electron chi connectivity index (χ1n) is 6.74. The molecule has 0 unspecified atom stereocenters. The fourth-order valence-electron chi connectivity index (χ4n) is 1.87. The monoisotopic (exact) mass is 314 g/mol. The van der Waals surface area contributed by atoms with E-state index < -0.39 is 23.4 Å². The molecule has 0 fully saturated rings. The number of nitro groups is 1. The Kier molecular flexibility index (Phi) is 5.03. The molecule has 0 atom stereocenters. The summed E-state index contributed by atoms with van der Waals surface area (Å²) in [5, 5.41) is 13.3. The third kappa shape index (κ3) is 4.37. The van der Waals surface area contributed by atoms with Crippen LogP contribution < -0.4 is 5.32 Å². The van der Waals surface area contributed by atoms with Crippen LogP contribution in [0.4, 0.5) is 11.4 Å². The van der Waals surface area contributed by atoms with Crippen molar-refractivity contribution >= 4 is 23.3 Å². The minimum Gasteiger partial charge on any atom is -0.452 e. The summed E-state index contributed by atoms with van der Waals surface area (Å²) in [5.74, 6) is -1.29. The van der Waals surface area contributed by atoms with Gasteiger partial charge in [0.1, 0.15) is 5.69 Å². The van der Waals surface area contributed by atoms with Crippen LogP contribution in [0.5, 0.6) is 0 Å². The summed E-state index contributed by atoms with van der Waals surface area (Å²) in [6.45, 7) is 1.18. The molecule has 0 aromatic heterocycles. The molecule has 0 saturated heterocycles. The van der Waals surface area contributed by atoms with Crippen molar-refractivity contribution < 1.29 is 19.2 Å². The van der Waals surface area contributed by atoms with Gasteiger partial charge in [-0.2, -0.15) is 0 Å². The number of anilines is 1. The number of rotatable bonds is 5. The third-order valence-electron chi connectivity index (χ3n) is 2.97. The first-order chi connectivity index (χ1) is 11.0. The zero-order valence-corrected chi connectivity index (χ0v) is 12.3. The standard InChI is InChI=1S/C16H14N2O5/c1-11-7-8-13(14(9-11)18(21)22)17-15(19)10-23-16(20)12-5-3-2-4-6-12/h2-9H,10H2,1H3,(H,17,19). The second-order valence-electron chi connectivity index (χ2n) is 4.77. The van der Waals surface area contributed by atoms with E-state index in [0.29, 0.717) is 11.1 Å². The molecular formula is C16H14N2O5. The number of hydrogen-bond acceptors (Lipinski definition) is 5. The lowest BCUT2D eigenvalue weighted by atomic mass is 10.2. The smallest absolute Gasteiger partial charge is 0.338 e. The normalized spacial score (nSPS) is 9.96. The van der Waals surface area contributed by atoms with Crippen LogP contribution in [0.1, 0.15) is 15.9 Å². The molecule has 0 aliphatic heterocycles. The maximum absolute atomic E-state index is 11.8.